The minimum Gasteiger partial charge on any atom is -0.497 e. The summed E-state index contributed by atoms with van der Waals surface area (Å²) in [6.07, 6.45) is 6.69. The highest BCUT2D eigenvalue weighted by Gasteiger charge is 2.04. The normalized spacial score (nSPS) is 11.4. The van der Waals surface area contributed by atoms with Crippen LogP contribution in [0.1, 0.15) is 36.7 Å². The molecule has 0 spiro atoms. The van der Waals surface area contributed by atoms with Crippen molar-refractivity contribution in [2.24, 2.45) is 5.16 Å². The average molecular weight is 343 g/mol. The first-order valence-corrected chi connectivity index (χ1v) is 7.76. The van der Waals surface area contributed by atoms with Crippen molar-refractivity contribution in [1.29, 1.82) is 0 Å². The molecule has 0 fully saturated rings. The smallest absolute Gasteiger partial charge is 0.335 e. The SMILES string of the molecule is C=C\C(=C/C=C(C)/C=N/OC(=C)c1ccc(C(=O)O)cc1)OC.CC. The molecule has 0 bridgehead atoms. The number of oxime groups is 1. The third-order valence-corrected chi connectivity index (χ3v) is 2.82. The Kier molecular flexibility index (Phi) is 10.8. The predicted octanol–water partition coefficient (Wildman–Crippen LogP) is 5.05. The van der Waals surface area contributed by atoms with Crippen LogP contribution < -0.4 is 0 Å². The highest BCUT2D eigenvalue weighted by Crippen LogP contribution is 2.15. The topological polar surface area (TPSA) is 68.1 Å². The van der Waals surface area contributed by atoms with Crippen molar-refractivity contribution in [3.63, 3.8) is 0 Å². The second-order valence-corrected chi connectivity index (χ2v) is 4.52. The monoisotopic (exact) mass is 343 g/mol. The molecule has 0 aliphatic rings. The molecule has 1 N–H and O–H groups in total. The summed E-state index contributed by atoms with van der Waals surface area (Å²) in [5, 5.41) is 12.7. The van der Waals surface area contributed by atoms with E-state index < -0.39 is 5.97 Å². The Morgan fingerprint density at radius 1 is 1.16 bits per heavy atom. The Morgan fingerprint density at radius 3 is 2.20 bits per heavy atom. The molecule has 5 heteroatoms. The zero-order valence-corrected chi connectivity index (χ0v) is 15.2. The summed E-state index contributed by atoms with van der Waals surface area (Å²) >= 11 is 0. The number of ether oxygens (including phenoxy) is 1. The van der Waals surface area contributed by atoms with E-state index in [2.05, 4.69) is 18.3 Å². The second-order valence-electron chi connectivity index (χ2n) is 4.52. The molecule has 25 heavy (non-hydrogen) atoms. The molecule has 5 nitrogen and oxygen atoms in total. The lowest BCUT2D eigenvalue weighted by Gasteiger charge is -2.03. The number of hydrogen-bond acceptors (Lipinski definition) is 4. The van der Waals surface area contributed by atoms with Crippen LogP contribution in [-0.2, 0) is 9.57 Å². The van der Waals surface area contributed by atoms with E-state index in [-0.39, 0.29) is 5.56 Å². The van der Waals surface area contributed by atoms with E-state index in [1.807, 2.05) is 20.8 Å². The number of aromatic carboxylic acids is 1. The third-order valence-electron chi connectivity index (χ3n) is 2.82. The molecule has 0 amide bonds. The maximum atomic E-state index is 10.8. The van der Waals surface area contributed by atoms with Crippen LogP contribution in [0.5, 0.6) is 0 Å². The van der Waals surface area contributed by atoms with E-state index in [0.29, 0.717) is 17.1 Å². The summed E-state index contributed by atoms with van der Waals surface area (Å²) in [7, 11) is 1.56. The van der Waals surface area contributed by atoms with Gasteiger partial charge in [-0.15, -0.1) is 0 Å². The maximum absolute atomic E-state index is 10.8. The van der Waals surface area contributed by atoms with Gasteiger partial charge in [0, 0.05) is 5.56 Å². The number of nitrogens with zero attached hydrogens (tertiary/aromatic N) is 1. The summed E-state index contributed by atoms with van der Waals surface area (Å²) in [5.41, 5.74) is 1.70. The fourth-order valence-corrected chi connectivity index (χ4v) is 1.50. The van der Waals surface area contributed by atoms with Crippen molar-refractivity contribution in [2.45, 2.75) is 20.8 Å². The largest absolute Gasteiger partial charge is 0.497 e. The van der Waals surface area contributed by atoms with Crippen molar-refractivity contribution in [1.82, 2.24) is 0 Å². The molecule has 1 aromatic rings. The number of hydrogen-bond donors (Lipinski definition) is 1. The molecule has 0 aliphatic heterocycles. The van der Waals surface area contributed by atoms with E-state index in [1.54, 1.807) is 37.5 Å². The standard InChI is InChI=1S/C18H19NO4.C2H6/c1-5-17(22-4)11-6-13(2)12-19-23-14(3)15-7-9-16(10-8-15)18(20)21;1-2/h5-12H,1,3H2,2,4H3,(H,20,21);1-2H3/b13-6+,17-11+,19-12+;. The minimum absolute atomic E-state index is 0.201. The van der Waals surface area contributed by atoms with Gasteiger partial charge in [-0.2, -0.15) is 0 Å². The number of methoxy groups -OCH3 is 1. The lowest BCUT2D eigenvalue weighted by molar-refractivity contribution is 0.0697. The Bertz CT molecular complexity index is 667. The Morgan fingerprint density at radius 2 is 1.72 bits per heavy atom. The van der Waals surface area contributed by atoms with E-state index in [4.69, 9.17) is 14.7 Å². The van der Waals surface area contributed by atoms with E-state index in [9.17, 15) is 4.79 Å². The van der Waals surface area contributed by atoms with Crippen LogP contribution >= 0.6 is 0 Å². The van der Waals surface area contributed by atoms with Crippen molar-refractivity contribution in [2.75, 3.05) is 7.11 Å². The van der Waals surface area contributed by atoms with Gasteiger partial charge in [-0.1, -0.05) is 50.4 Å². The minimum atomic E-state index is -0.982. The van der Waals surface area contributed by atoms with Gasteiger partial charge in [0.1, 0.15) is 5.76 Å². The van der Waals surface area contributed by atoms with Gasteiger partial charge in [0.05, 0.1) is 18.9 Å². The van der Waals surface area contributed by atoms with Crippen LogP contribution in [0.2, 0.25) is 0 Å². The molecule has 134 valence electrons. The molecule has 0 unspecified atom stereocenters. The van der Waals surface area contributed by atoms with E-state index in [0.717, 1.165) is 5.57 Å². The number of rotatable bonds is 8. The van der Waals surface area contributed by atoms with Crippen LogP contribution in [0.25, 0.3) is 5.76 Å². The summed E-state index contributed by atoms with van der Waals surface area (Å²) in [4.78, 5) is 16.0. The number of carbonyl (C=O) groups is 1. The van der Waals surface area contributed by atoms with Crippen LogP contribution in [0, 0.1) is 0 Å². The number of benzene rings is 1. The summed E-state index contributed by atoms with van der Waals surface area (Å²) in [6, 6.07) is 6.18. The molecule has 0 radical (unpaired) electrons. The third kappa shape index (κ3) is 8.37. The molecule has 0 atom stereocenters. The van der Waals surface area contributed by atoms with Crippen LogP contribution in [0.4, 0.5) is 0 Å². The van der Waals surface area contributed by atoms with Gasteiger partial charge in [0.15, 0.2) is 5.76 Å². The number of carboxylic acids is 1. The number of carboxylic acid groups (broad SMARTS) is 1. The summed E-state index contributed by atoms with van der Waals surface area (Å²) < 4.78 is 5.04. The predicted molar refractivity (Wildman–Crippen MR) is 102 cm³/mol. The zero-order valence-electron chi connectivity index (χ0n) is 15.2. The van der Waals surface area contributed by atoms with Gasteiger partial charge >= 0.3 is 5.97 Å². The Labute approximate surface area is 149 Å². The van der Waals surface area contributed by atoms with Gasteiger partial charge in [-0.25, -0.2) is 4.79 Å². The highest BCUT2D eigenvalue weighted by atomic mass is 16.6. The van der Waals surface area contributed by atoms with E-state index in [1.165, 1.54) is 18.3 Å². The van der Waals surface area contributed by atoms with Crippen LogP contribution in [-0.4, -0.2) is 24.4 Å². The first-order valence-electron chi connectivity index (χ1n) is 7.76. The molecule has 0 heterocycles. The Balaban J connectivity index is 0.00000277. The van der Waals surface area contributed by atoms with Gasteiger partial charge in [0.25, 0.3) is 0 Å². The van der Waals surface area contributed by atoms with Crippen molar-refractivity contribution in [3.8, 4) is 0 Å². The quantitative estimate of drug-likeness (QED) is 0.310. The molecular formula is C20H25NO4. The van der Waals surface area contributed by atoms with Crippen LogP contribution in [0.3, 0.4) is 0 Å². The highest BCUT2D eigenvalue weighted by molar-refractivity contribution is 5.87. The first kappa shape index (κ1) is 21.9. The summed E-state index contributed by atoms with van der Waals surface area (Å²) in [6.45, 7) is 13.2. The Hall–Kier alpha value is -3.08. The zero-order chi connectivity index (χ0) is 19.2. The lowest BCUT2D eigenvalue weighted by atomic mass is 10.1. The summed E-state index contributed by atoms with van der Waals surface area (Å²) in [5.74, 6) is -0.0170. The van der Waals surface area contributed by atoms with E-state index >= 15 is 0 Å². The lowest BCUT2D eigenvalue weighted by Crippen LogP contribution is -1.96. The van der Waals surface area contributed by atoms with Gasteiger partial charge in [0.2, 0.25) is 0 Å². The first-order chi connectivity index (χ1) is 12.0. The van der Waals surface area contributed by atoms with Gasteiger partial charge in [-0.3, -0.25) is 0 Å². The fourth-order valence-electron chi connectivity index (χ4n) is 1.50. The molecular weight excluding hydrogens is 318 g/mol. The van der Waals surface area contributed by atoms with Gasteiger partial charge in [-0.05, 0) is 36.8 Å². The molecule has 0 aromatic heterocycles. The van der Waals surface area contributed by atoms with Crippen molar-refractivity contribution < 1.29 is 19.5 Å². The number of allylic oxidation sites excluding steroid dienone is 4. The average Bonchev–Trinajstić information content (AvgIpc) is 2.64. The molecule has 1 rings (SSSR count). The van der Waals surface area contributed by atoms with Gasteiger partial charge < -0.3 is 14.7 Å². The molecule has 0 saturated carbocycles. The molecule has 0 saturated heterocycles. The van der Waals surface area contributed by atoms with Crippen LogP contribution in [0.15, 0.2) is 72.1 Å². The molecule has 1 aromatic carbocycles. The maximum Gasteiger partial charge on any atom is 0.335 e. The van der Waals surface area contributed by atoms with Crippen molar-refractivity contribution >= 4 is 17.9 Å². The fraction of sp³-hybridized carbons (Fsp3) is 0.200. The van der Waals surface area contributed by atoms with Crippen molar-refractivity contribution in [3.05, 3.63) is 78.1 Å². The second kappa shape index (κ2) is 12.4. The molecule has 0 aliphatic carbocycles.